The van der Waals surface area contributed by atoms with Crippen molar-refractivity contribution in [2.24, 2.45) is 0 Å². The van der Waals surface area contributed by atoms with Crippen molar-refractivity contribution in [3.05, 3.63) is 191 Å². The Morgan fingerprint density at radius 2 is 0.691 bits per heavy atom. The lowest BCUT2D eigenvalue weighted by Crippen LogP contribution is -2.58. The van der Waals surface area contributed by atoms with Crippen LogP contribution in [0.25, 0.3) is 22.3 Å². The van der Waals surface area contributed by atoms with Crippen LogP contribution in [0.5, 0.6) is 0 Å². The highest BCUT2D eigenvalue weighted by molar-refractivity contribution is 7.80. The van der Waals surface area contributed by atoms with Gasteiger partial charge in [0.2, 0.25) is 23.4 Å². The number of carbonyl (C=O) groups excluding carboxylic acids is 6. The molecule has 4 amide bonds. The average Bonchev–Trinajstić information content (AvgIpc) is 3.87. The van der Waals surface area contributed by atoms with Gasteiger partial charge in [0.05, 0.1) is 12.1 Å². The van der Waals surface area contributed by atoms with Gasteiger partial charge in [-0.25, -0.2) is 9.59 Å². The largest absolute Gasteiger partial charge is 0.449 e. The number of fused-ring (bicyclic) bond motifs is 6. The van der Waals surface area contributed by atoms with Gasteiger partial charge in [-0.05, 0) is 55.6 Å². The molecule has 4 N–H and O–H groups in total. The Morgan fingerprint density at radius 3 is 1.00 bits per heavy atom. The number of hydrogen-bond donors (Lipinski definition) is 6. The Morgan fingerprint density at radius 1 is 0.397 bits per heavy atom. The SMILES string of the molecule is O=C(N[C@@H](CS)C(=O)NC(Cc1ccccc1)C(=O)C(=O)C(Cc1ccccc1)NC(=O)[C@H](CS)NC(=O)OCC1c2ccccc2-c2ccccc21)OCC1c2ccccc2-c2ccccc21. The van der Waals surface area contributed by atoms with Gasteiger partial charge in [-0.3, -0.25) is 19.2 Å². The van der Waals surface area contributed by atoms with E-state index in [0.717, 1.165) is 44.5 Å². The number of amides is 4. The molecule has 0 aromatic heterocycles. The summed E-state index contributed by atoms with van der Waals surface area (Å²) in [7, 11) is 0. The fraction of sp³-hybridized carbons (Fsp3) is 0.222. The predicted octanol–water partition coefficient (Wildman–Crippen LogP) is 7.25. The maximum Gasteiger partial charge on any atom is 0.407 e. The van der Waals surface area contributed by atoms with Crippen LogP contribution in [0.2, 0.25) is 0 Å². The number of Topliss-reactive ketones (excluding diaryl/α,β-unsaturated/α-hetero) is 2. The topological polar surface area (TPSA) is 169 Å². The van der Waals surface area contributed by atoms with Crippen LogP contribution in [0.4, 0.5) is 9.59 Å². The van der Waals surface area contributed by atoms with E-state index in [2.05, 4.69) is 46.5 Å². The van der Waals surface area contributed by atoms with E-state index in [0.29, 0.717) is 11.1 Å². The second kappa shape index (κ2) is 22.1. The molecule has 2 aliphatic rings. The van der Waals surface area contributed by atoms with Gasteiger partial charge in [0.25, 0.3) is 0 Å². The van der Waals surface area contributed by atoms with Crippen molar-refractivity contribution in [3.8, 4) is 22.3 Å². The average molecular weight is 947 g/mol. The quantitative estimate of drug-likeness (QED) is 0.0365. The minimum atomic E-state index is -1.42. The number of thiol groups is 2. The second-order valence-electron chi connectivity index (χ2n) is 16.6. The number of ether oxygens (including phenoxy) is 2. The Hall–Kier alpha value is -7.16. The lowest BCUT2D eigenvalue weighted by atomic mass is 9.93. The number of rotatable bonds is 19. The molecule has 346 valence electrons. The first-order valence-electron chi connectivity index (χ1n) is 22.3. The lowest BCUT2D eigenvalue weighted by Gasteiger charge is -2.25. The van der Waals surface area contributed by atoms with Gasteiger partial charge < -0.3 is 30.7 Å². The summed E-state index contributed by atoms with van der Waals surface area (Å²) < 4.78 is 11.4. The van der Waals surface area contributed by atoms with Crippen molar-refractivity contribution in [1.82, 2.24) is 21.3 Å². The van der Waals surface area contributed by atoms with Crippen molar-refractivity contribution in [1.29, 1.82) is 0 Å². The normalized spacial score (nSPS) is 14.1. The van der Waals surface area contributed by atoms with Crippen molar-refractivity contribution in [2.45, 2.75) is 48.8 Å². The first-order chi connectivity index (χ1) is 33.1. The van der Waals surface area contributed by atoms with Crippen LogP contribution in [0, 0.1) is 0 Å². The van der Waals surface area contributed by atoms with Crippen molar-refractivity contribution < 1.29 is 38.2 Å². The fourth-order valence-electron chi connectivity index (χ4n) is 8.96. The number of nitrogens with one attached hydrogen (secondary N) is 4. The third kappa shape index (κ3) is 10.8. The summed E-state index contributed by atoms with van der Waals surface area (Å²) >= 11 is 8.67. The molecule has 68 heavy (non-hydrogen) atoms. The number of carbonyl (C=O) groups is 6. The van der Waals surface area contributed by atoms with E-state index in [-0.39, 0.29) is 49.4 Å². The summed E-state index contributed by atoms with van der Waals surface area (Å²) in [6.45, 7) is 0.0163. The lowest BCUT2D eigenvalue weighted by molar-refractivity contribution is -0.141. The van der Waals surface area contributed by atoms with Crippen molar-refractivity contribution in [3.63, 3.8) is 0 Å². The molecular formula is C54H50N4O8S2. The minimum Gasteiger partial charge on any atom is -0.449 e. The molecule has 0 saturated heterocycles. The third-order valence-corrected chi connectivity index (χ3v) is 13.1. The van der Waals surface area contributed by atoms with E-state index in [1.54, 1.807) is 60.7 Å². The number of benzene rings is 6. The molecule has 0 spiro atoms. The summed E-state index contributed by atoms with van der Waals surface area (Å²) in [5.41, 5.74) is 9.60. The number of ketones is 2. The molecule has 0 heterocycles. The van der Waals surface area contributed by atoms with Crippen molar-refractivity contribution in [2.75, 3.05) is 24.7 Å². The molecule has 0 fully saturated rings. The van der Waals surface area contributed by atoms with Crippen LogP contribution in [0.15, 0.2) is 158 Å². The molecule has 0 radical (unpaired) electrons. The van der Waals surface area contributed by atoms with E-state index in [9.17, 15) is 28.8 Å². The summed E-state index contributed by atoms with van der Waals surface area (Å²) in [5, 5.41) is 10.5. The monoisotopic (exact) mass is 946 g/mol. The fourth-order valence-corrected chi connectivity index (χ4v) is 9.47. The second-order valence-corrected chi connectivity index (χ2v) is 17.4. The van der Waals surface area contributed by atoms with Gasteiger partial charge in [-0.15, -0.1) is 0 Å². The first kappa shape index (κ1) is 47.3. The molecule has 0 bridgehead atoms. The number of hydrogen-bond acceptors (Lipinski definition) is 10. The Balaban J connectivity index is 0.935. The standard InChI is InChI=1S/C54H50N4O8S2/c59-49(45(27-33-15-3-1-4-16-33)55-51(61)47(31-67)57-53(63)65-29-43-39-23-11-7-19-35(39)36-20-8-12-24-40(36)43)50(60)46(28-34-17-5-2-6-18-34)56-52(62)48(32-68)58-54(64)66-30-44-41-25-13-9-21-37(41)38-22-10-14-26-42(38)44/h1-26,43-48,67-68H,27-32H2,(H,55,61)(H,56,62)(H,57,63)(H,58,64)/t45?,46?,47-,48-/m0/s1. The summed E-state index contributed by atoms with van der Waals surface area (Å²) in [6.07, 6.45) is -1.90. The van der Waals surface area contributed by atoms with Gasteiger partial charge in [0, 0.05) is 36.2 Å². The smallest absolute Gasteiger partial charge is 0.407 e. The highest BCUT2D eigenvalue weighted by Crippen LogP contribution is 2.45. The van der Waals surface area contributed by atoms with E-state index < -0.39 is 59.7 Å². The molecule has 4 atom stereocenters. The van der Waals surface area contributed by atoms with Crippen LogP contribution in [-0.2, 0) is 41.5 Å². The molecule has 12 nitrogen and oxygen atoms in total. The highest BCUT2D eigenvalue weighted by atomic mass is 32.1. The van der Waals surface area contributed by atoms with Crippen LogP contribution in [0.3, 0.4) is 0 Å². The van der Waals surface area contributed by atoms with Crippen molar-refractivity contribution >= 4 is 60.8 Å². The van der Waals surface area contributed by atoms with Gasteiger partial charge in [0.15, 0.2) is 0 Å². The van der Waals surface area contributed by atoms with Crippen LogP contribution in [-0.4, -0.2) is 84.5 Å². The molecule has 2 aliphatic carbocycles. The Kier molecular flexibility index (Phi) is 15.4. The zero-order chi connectivity index (χ0) is 47.6. The van der Waals surface area contributed by atoms with Gasteiger partial charge in [-0.2, -0.15) is 25.3 Å². The Bertz CT molecular complexity index is 2530. The maximum absolute atomic E-state index is 14.4. The number of alkyl carbamates (subject to hydrolysis) is 2. The van der Waals surface area contributed by atoms with E-state index in [1.807, 2.05) is 97.1 Å². The van der Waals surface area contributed by atoms with E-state index in [4.69, 9.17) is 9.47 Å². The summed E-state index contributed by atoms with van der Waals surface area (Å²) in [4.78, 5) is 83.3. The van der Waals surface area contributed by atoms with Crippen LogP contribution < -0.4 is 21.3 Å². The predicted molar refractivity (Wildman–Crippen MR) is 266 cm³/mol. The molecule has 0 aliphatic heterocycles. The summed E-state index contributed by atoms with van der Waals surface area (Å²) in [6, 6.07) is 43.9. The zero-order valence-electron chi connectivity index (χ0n) is 36.9. The molecule has 6 aromatic rings. The van der Waals surface area contributed by atoms with E-state index in [1.165, 1.54) is 0 Å². The Labute approximate surface area is 405 Å². The van der Waals surface area contributed by atoms with Gasteiger partial charge in [-0.1, -0.05) is 158 Å². The van der Waals surface area contributed by atoms with Gasteiger partial charge in [0.1, 0.15) is 25.3 Å². The molecule has 0 saturated carbocycles. The summed E-state index contributed by atoms with van der Waals surface area (Å²) in [5.74, 6) is -4.29. The molecule has 14 heteroatoms. The molecule has 8 rings (SSSR count). The zero-order valence-corrected chi connectivity index (χ0v) is 38.7. The minimum absolute atomic E-state index is 0.00814. The maximum atomic E-state index is 14.4. The molecule has 2 unspecified atom stereocenters. The van der Waals surface area contributed by atoms with Gasteiger partial charge >= 0.3 is 12.2 Å². The third-order valence-electron chi connectivity index (χ3n) is 12.3. The molecular weight excluding hydrogens is 897 g/mol. The molecule has 6 aromatic carbocycles. The first-order valence-corrected chi connectivity index (χ1v) is 23.6. The highest BCUT2D eigenvalue weighted by Gasteiger charge is 2.37. The van der Waals surface area contributed by atoms with Crippen LogP contribution in [0.1, 0.15) is 45.2 Å². The van der Waals surface area contributed by atoms with E-state index >= 15 is 0 Å². The van der Waals surface area contributed by atoms with Crippen LogP contribution >= 0.6 is 25.3 Å².